The van der Waals surface area contributed by atoms with Gasteiger partial charge in [0, 0.05) is 61.6 Å². The van der Waals surface area contributed by atoms with Gasteiger partial charge in [0.15, 0.2) is 5.65 Å². The van der Waals surface area contributed by atoms with E-state index in [2.05, 4.69) is 38.7 Å². The highest BCUT2D eigenvalue weighted by Crippen LogP contribution is 2.33. The number of benzene rings is 1. The van der Waals surface area contributed by atoms with Gasteiger partial charge >= 0.3 is 0 Å². The fraction of sp³-hybridized carbons (Fsp3) is 0.621. The summed E-state index contributed by atoms with van der Waals surface area (Å²) in [6.07, 6.45) is 10.0. The molecule has 3 aliphatic heterocycles. The average molecular weight is 538 g/mol. The average Bonchev–Trinajstić information content (AvgIpc) is 3.30. The van der Waals surface area contributed by atoms with Crippen molar-refractivity contribution in [3.63, 3.8) is 0 Å². The lowest BCUT2D eigenvalue weighted by Crippen LogP contribution is -2.41. The zero-order valence-corrected chi connectivity index (χ0v) is 23.3. The van der Waals surface area contributed by atoms with Gasteiger partial charge in [0.25, 0.3) is 0 Å². The first-order valence-electron chi connectivity index (χ1n) is 14.4. The Morgan fingerprint density at radius 2 is 1.89 bits per heavy atom. The Morgan fingerprint density at radius 3 is 2.71 bits per heavy atom. The summed E-state index contributed by atoms with van der Waals surface area (Å²) in [6, 6.07) is 8.22. The molecule has 8 nitrogen and oxygen atoms in total. The van der Waals surface area contributed by atoms with Crippen molar-refractivity contribution in [2.45, 2.75) is 69.9 Å². The first-order chi connectivity index (χ1) is 18.6. The molecule has 1 atom stereocenters. The molecular formula is C29H40ClN7O. The van der Waals surface area contributed by atoms with Crippen molar-refractivity contribution in [3.05, 3.63) is 41.3 Å². The van der Waals surface area contributed by atoms with E-state index in [1.807, 2.05) is 18.3 Å². The number of fused-ring (bicyclic) bond motifs is 1. The molecule has 204 valence electrons. The summed E-state index contributed by atoms with van der Waals surface area (Å²) in [5, 5.41) is 4.41. The van der Waals surface area contributed by atoms with E-state index in [0.29, 0.717) is 11.9 Å². The molecule has 0 saturated carbocycles. The van der Waals surface area contributed by atoms with Crippen LogP contribution in [-0.2, 0) is 11.3 Å². The van der Waals surface area contributed by atoms with Crippen LogP contribution in [0.25, 0.3) is 11.2 Å². The lowest BCUT2D eigenvalue weighted by Gasteiger charge is -2.35. The topological polar surface area (TPSA) is 71.3 Å². The van der Waals surface area contributed by atoms with Crippen molar-refractivity contribution in [1.82, 2.24) is 24.4 Å². The molecule has 3 aliphatic rings. The maximum Gasteiger partial charge on any atom is 0.225 e. The van der Waals surface area contributed by atoms with Gasteiger partial charge < -0.3 is 24.4 Å². The van der Waals surface area contributed by atoms with Crippen molar-refractivity contribution < 1.29 is 4.74 Å². The summed E-state index contributed by atoms with van der Waals surface area (Å²) in [5.41, 5.74) is 2.98. The SMILES string of the molecule is CC1(Nc2ncc3nc(C4CCCN(c5cccc(Cl)c5)C4)n(CCN4CCCCC4)c3n2)CCOCC1. The van der Waals surface area contributed by atoms with Crippen molar-refractivity contribution >= 4 is 34.4 Å². The zero-order valence-electron chi connectivity index (χ0n) is 22.5. The molecule has 6 rings (SSSR count). The van der Waals surface area contributed by atoms with Crippen molar-refractivity contribution in [3.8, 4) is 0 Å². The molecule has 1 unspecified atom stereocenters. The second-order valence-electron chi connectivity index (χ2n) is 11.5. The second kappa shape index (κ2) is 11.4. The van der Waals surface area contributed by atoms with Crippen molar-refractivity contribution in [2.24, 2.45) is 0 Å². The van der Waals surface area contributed by atoms with E-state index in [9.17, 15) is 0 Å². The molecule has 0 spiro atoms. The number of aromatic nitrogens is 4. The molecule has 3 fully saturated rings. The Kier molecular flexibility index (Phi) is 7.73. The Bertz CT molecular complexity index is 1230. The quantitative estimate of drug-likeness (QED) is 0.436. The molecule has 3 aromatic rings. The highest BCUT2D eigenvalue weighted by atomic mass is 35.5. The number of rotatable bonds is 7. The maximum atomic E-state index is 6.33. The van der Waals surface area contributed by atoms with Gasteiger partial charge in [-0.1, -0.05) is 24.1 Å². The van der Waals surface area contributed by atoms with Gasteiger partial charge in [0.05, 0.1) is 6.20 Å². The highest BCUT2D eigenvalue weighted by molar-refractivity contribution is 6.30. The molecule has 2 aromatic heterocycles. The van der Waals surface area contributed by atoms with Crippen LogP contribution >= 0.6 is 11.6 Å². The highest BCUT2D eigenvalue weighted by Gasteiger charge is 2.30. The lowest BCUT2D eigenvalue weighted by atomic mass is 9.93. The lowest BCUT2D eigenvalue weighted by molar-refractivity contribution is 0.0656. The van der Waals surface area contributed by atoms with Crippen LogP contribution in [-0.4, -0.2) is 75.9 Å². The number of halogens is 1. The Hall–Kier alpha value is -2.42. The molecule has 38 heavy (non-hydrogen) atoms. The number of anilines is 2. The second-order valence-corrected chi connectivity index (χ2v) is 11.9. The number of piperidine rings is 2. The van der Waals surface area contributed by atoms with Crippen LogP contribution < -0.4 is 10.2 Å². The summed E-state index contributed by atoms with van der Waals surface area (Å²) in [4.78, 5) is 20.0. The van der Waals surface area contributed by atoms with E-state index in [0.717, 1.165) is 87.1 Å². The van der Waals surface area contributed by atoms with Crippen LogP contribution in [0, 0.1) is 0 Å². The van der Waals surface area contributed by atoms with E-state index in [-0.39, 0.29) is 5.54 Å². The van der Waals surface area contributed by atoms with Crippen LogP contribution in [0.4, 0.5) is 11.6 Å². The third-order valence-electron chi connectivity index (χ3n) is 8.58. The zero-order chi connectivity index (χ0) is 26.0. The van der Waals surface area contributed by atoms with E-state index in [1.54, 1.807) is 0 Å². The monoisotopic (exact) mass is 537 g/mol. The van der Waals surface area contributed by atoms with Crippen LogP contribution in [0.1, 0.15) is 63.6 Å². The first-order valence-corrected chi connectivity index (χ1v) is 14.8. The number of nitrogens with zero attached hydrogens (tertiary/aromatic N) is 6. The molecular weight excluding hydrogens is 498 g/mol. The smallest absolute Gasteiger partial charge is 0.225 e. The Labute approximate surface area is 230 Å². The standard InChI is InChI=1S/C29H40ClN7O/c1-29(10-17-38-18-11-29)34-28-31-20-25-27(33-28)37(16-15-35-12-3-2-4-13-35)26(32-25)22-7-6-14-36(21-22)24-9-5-8-23(30)19-24/h5,8-9,19-20,22H,2-4,6-7,10-18,21H2,1H3,(H,31,33,34). The van der Waals surface area contributed by atoms with Gasteiger partial charge in [-0.25, -0.2) is 9.97 Å². The summed E-state index contributed by atoms with van der Waals surface area (Å²) >= 11 is 6.33. The molecule has 0 aliphatic carbocycles. The molecule has 0 amide bonds. The van der Waals surface area contributed by atoms with Crippen molar-refractivity contribution in [2.75, 3.05) is 56.2 Å². The molecule has 1 N–H and O–H groups in total. The van der Waals surface area contributed by atoms with Gasteiger partial charge in [-0.15, -0.1) is 0 Å². The predicted octanol–water partition coefficient (Wildman–Crippen LogP) is 5.33. The van der Waals surface area contributed by atoms with Gasteiger partial charge in [0.1, 0.15) is 11.3 Å². The maximum absolute atomic E-state index is 6.33. The minimum Gasteiger partial charge on any atom is -0.381 e. The van der Waals surface area contributed by atoms with Crippen LogP contribution in [0.3, 0.4) is 0 Å². The molecule has 5 heterocycles. The fourth-order valence-electron chi connectivity index (χ4n) is 6.27. The van der Waals surface area contributed by atoms with Crippen molar-refractivity contribution in [1.29, 1.82) is 0 Å². The van der Waals surface area contributed by atoms with E-state index in [1.165, 1.54) is 38.0 Å². The number of ether oxygens (including phenoxy) is 1. The summed E-state index contributed by atoms with van der Waals surface area (Å²) < 4.78 is 7.99. The molecule has 1 aromatic carbocycles. The van der Waals surface area contributed by atoms with E-state index >= 15 is 0 Å². The third-order valence-corrected chi connectivity index (χ3v) is 8.81. The minimum atomic E-state index is -0.0474. The molecule has 0 radical (unpaired) electrons. The predicted molar refractivity (Wildman–Crippen MR) is 153 cm³/mol. The van der Waals surface area contributed by atoms with Crippen LogP contribution in [0.2, 0.25) is 5.02 Å². The van der Waals surface area contributed by atoms with Gasteiger partial charge in [-0.2, -0.15) is 4.98 Å². The van der Waals surface area contributed by atoms with E-state index in [4.69, 9.17) is 31.3 Å². The number of imidazole rings is 1. The van der Waals surface area contributed by atoms with Crippen LogP contribution in [0.5, 0.6) is 0 Å². The van der Waals surface area contributed by atoms with Gasteiger partial charge in [-0.05, 0) is 76.7 Å². The summed E-state index contributed by atoms with van der Waals surface area (Å²) in [5.74, 6) is 2.17. The Balaban J connectivity index is 1.30. The number of likely N-dealkylation sites (tertiary alicyclic amines) is 1. The molecule has 0 bridgehead atoms. The number of hydrogen-bond acceptors (Lipinski definition) is 7. The summed E-state index contributed by atoms with van der Waals surface area (Å²) in [6.45, 7) is 10.1. The number of hydrogen-bond donors (Lipinski definition) is 1. The van der Waals surface area contributed by atoms with Gasteiger partial charge in [-0.3, -0.25) is 0 Å². The van der Waals surface area contributed by atoms with Gasteiger partial charge in [0.2, 0.25) is 5.95 Å². The third kappa shape index (κ3) is 5.77. The fourth-order valence-corrected chi connectivity index (χ4v) is 6.45. The Morgan fingerprint density at radius 1 is 1.05 bits per heavy atom. The number of nitrogens with one attached hydrogen (secondary N) is 1. The largest absolute Gasteiger partial charge is 0.381 e. The first kappa shape index (κ1) is 25.8. The van der Waals surface area contributed by atoms with E-state index < -0.39 is 0 Å². The van der Waals surface area contributed by atoms with Crippen LogP contribution in [0.15, 0.2) is 30.5 Å². The molecule has 9 heteroatoms. The minimum absolute atomic E-state index is 0.0474. The molecule has 3 saturated heterocycles. The summed E-state index contributed by atoms with van der Waals surface area (Å²) in [7, 11) is 0. The normalized spacial score (nSPS) is 22.6.